The quantitative estimate of drug-likeness (QED) is 0.582. The maximum absolute atomic E-state index is 11.6. The summed E-state index contributed by atoms with van der Waals surface area (Å²) < 4.78 is 0. The first kappa shape index (κ1) is 12.5. The third kappa shape index (κ3) is 3.56. The van der Waals surface area contributed by atoms with E-state index in [-0.39, 0.29) is 6.61 Å². The van der Waals surface area contributed by atoms with Gasteiger partial charge in [-0.3, -0.25) is 14.4 Å². The Balaban J connectivity index is 2.62. The summed E-state index contributed by atoms with van der Waals surface area (Å²) >= 11 is 1.46. The Hall–Kier alpha value is -1.53. The first-order chi connectivity index (χ1) is 7.65. The maximum Gasteiger partial charge on any atom is 0.275 e. The number of carbonyl (C=O) groups is 2. The molecule has 0 radical (unpaired) electrons. The Bertz CT molecular complexity index is 395. The fraction of sp³-hybridized carbons (Fsp3) is 0.200. The Morgan fingerprint density at radius 1 is 1.44 bits per heavy atom. The molecule has 0 aromatic heterocycles. The topological polar surface area (TPSA) is 81.4 Å². The summed E-state index contributed by atoms with van der Waals surface area (Å²) in [6.07, 6.45) is 1.87. The number of rotatable bonds is 5. The molecule has 0 saturated heterocycles. The molecule has 1 aromatic carbocycles. The number of hydrogen-bond donors (Lipinski definition) is 2. The van der Waals surface area contributed by atoms with Crippen molar-refractivity contribution >= 4 is 23.6 Å². The van der Waals surface area contributed by atoms with Crippen LogP contribution in [0.2, 0.25) is 0 Å². The molecule has 0 aliphatic heterocycles. The van der Waals surface area contributed by atoms with Gasteiger partial charge in [-0.15, -0.1) is 11.8 Å². The SMILES string of the molecule is CSc1ccccc1C(=O)NOCC(N)=O. The molecular weight excluding hydrogens is 228 g/mol. The lowest BCUT2D eigenvalue weighted by atomic mass is 10.2. The van der Waals surface area contributed by atoms with E-state index >= 15 is 0 Å². The molecular formula is C10H12N2O3S. The van der Waals surface area contributed by atoms with Crippen LogP contribution in [-0.2, 0) is 9.63 Å². The zero-order valence-electron chi connectivity index (χ0n) is 8.73. The van der Waals surface area contributed by atoms with Gasteiger partial charge >= 0.3 is 0 Å². The van der Waals surface area contributed by atoms with Crippen LogP contribution in [0.4, 0.5) is 0 Å². The van der Waals surface area contributed by atoms with Gasteiger partial charge in [-0.25, -0.2) is 5.48 Å². The molecule has 0 atom stereocenters. The first-order valence-electron chi connectivity index (χ1n) is 4.48. The molecule has 0 spiro atoms. The Kier molecular flexibility index (Phi) is 4.81. The highest BCUT2D eigenvalue weighted by atomic mass is 32.2. The van der Waals surface area contributed by atoms with E-state index in [0.717, 1.165) is 4.90 Å². The van der Waals surface area contributed by atoms with Crippen LogP contribution in [0.1, 0.15) is 10.4 Å². The number of hydroxylamine groups is 1. The first-order valence-corrected chi connectivity index (χ1v) is 5.71. The van der Waals surface area contributed by atoms with Gasteiger partial charge in [0.15, 0.2) is 6.61 Å². The third-order valence-corrected chi connectivity index (χ3v) is 2.53. The molecule has 1 rings (SSSR count). The third-order valence-electron chi connectivity index (χ3n) is 1.73. The summed E-state index contributed by atoms with van der Waals surface area (Å²) in [5.74, 6) is -1.04. The van der Waals surface area contributed by atoms with Gasteiger partial charge < -0.3 is 5.73 Å². The summed E-state index contributed by atoms with van der Waals surface area (Å²) in [6.45, 7) is -0.340. The van der Waals surface area contributed by atoms with Gasteiger partial charge in [-0.2, -0.15) is 0 Å². The van der Waals surface area contributed by atoms with Crippen LogP contribution in [0.15, 0.2) is 29.2 Å². The molecule has 0 saturated carbocycles. The molecule has 0 unspecified atom stereocenters. The van der Waals surface area contributed by atoms with Crippen molar-refractivity contribution in [2.75, 3.05) is 12.9 Å². The van der Waals surface area contributed by atoms with Crippen molar-refractivity contribution in [3.05, 3.63) is 29.8 Å². The average molecular weight is 240 g/mol. The van der Waals surface area contributed by atoms with E-state index in [1.54, 1.807) is 12.1 Å². The van der Waals surface area contributed by atoms with Crippen LogP contribution in [0.3, 0.4) is 0 Å². The van der Waals surface area contributed by atoms with Crippen LogP contribution >= 0.6 is 11.8 Å². The maximum atomic E-state index is 11.6. The van der Waals surface area contributed by atoms with Crippen molar-refractivity contribution in [3.63, 3.8) is 0 Å². The molecule has 2 amide bonds. The molecule has 3 N–H and O–H groups in total. The normalized spacial score (nSPS) is 9.81. The van der Waals surface area contributed by atoms with Gasteiger partial charge in [0.1, 0.15) is 0 Å². The lowest BCUT2D eigenvalue weighted by Crippen LogP contribution is -2.29. The van der Waals surface area contributed by atoms with Crippen molar-refractivity contribution in [3.8, 4) is 0 Å². The smallest absolute Gasteiger partial charge is 0.275 e. The molecule has 16 heavy (non-hydrogen) atoms. The van der Waals surface area contributed by atoms with Crippen LogP contribution in [-0.4, -0.2) is 24.7 Å². The van der Waals surface area contributed by atoms with Crippen LogP contribution in [0.25, 0.3) is 0 Å². The van der Waals surface area contributed by atoms with Gasteiger partial charge in [0, 0.05) is 4.90 Å². The fourth-order valence-electron chi connectivity index (χ4n) is 1.06. The fourth-order valence-corrected chi connectivity index (χ4v) is 1.66. The van der Waals surface area contributed by atoms with E-state index in [9.17, 15) is 9.59 Å². The number of hydrogen-bond acceptors (Lipinski definition) is 4. The molecule has 0 aliphatic carbocycles. The molecule has 86 valence electrons. The van der Waals surface area contributed by atoms with E-state index in [0.29, 0.717) is 5.56 Å². The predicted molar refractivity (Wildman–Crippen MR) is 60.8 cm³/mol. The minimum Gasteiger partial charge on any atom is -0.368 e. The summed E-state index contributed by atoms with van der Waals surface area (Å²) in [7, 11) is 0. The second kappa shape index (κ2) is 6.14. The number of nitrogens with two attached hydrogens (primary N) is 1. The second-order valence-corrected chi connectivity index (χ2v) is 3.73. The van der Waals surface area contributed by atoms with E-state index in [1.807, 2.05) is 18.4 Å². The highest BCUT2D eigenvalue weighted by molar-refractivity contribution is 7.98. The highest BCUT2D eigenvalue weighted by Crippen LogP contribution is 2.19. The minimum atomic E-state index is -0.640. The van der Waals surface area contributed by atoms with Crippen molar-refractivity contribution in [2.45, 2.75) is 4.90 Å². The van der Waals surface area contributed by atoms with Crippen molar-refractivity contribution in [1.29, 1.82) is 0 Å². The zero-order chi connectivity index (χ0) is 12.0. The summed E-state index contributed by atoms with van der Waals surface area (Å²) in [4.78, 5) is 27.4. The summed E-state index contributed by atoms with van der Waals surface area (Å²) in [5.41, 5.74) is 7.51. The average Bonchev–Trinajstić information content (AvgIpc) is 2.28. The number of nitrogens with one attached hydrogen (secondary N) is 1. The number of benzene rings is 1. The Morgan fingerprint density at radius 3 is 2.75 bits per heavy atom. The number of amides is 2. The molecule has 0 aliphatic rings. The van der Waals surface area contributed by atoms with Gasteiger partial charge in [0.25, 0.3) is 5.91 Å². The highest BCUT2D eigenvalue weighted by Gasteiger charge is 2.10. The van der Waals surface area contributed by atoms with Gasteiger partial charge in [0.05, 0.1) is 5.56 Å². The van der Waals surface area contributed by atoms with Crippen LogP contribution < -0.4 is 11.2 Å². The van der Waals surface area contributed by atoms with E-state index in [1.165, 1.54) is 11.8 Å². The number of primary amides is 1. The molecule has 0 fully saturated rings. The Morgan fingerprint density at radius 2 is 2.12 bits per heavy atom. The van der Waals surface area contributed by atoms with E-state index in [4.69, 9.17) is 5.73 Å². The zero-order valence-corrected chi connectivity index (χ0v) is 9.54. The molecule has 5 nitrogen and oxygen atoms in total. The van der Waals surface area contributed by atoms with E-state index in [2.05, 4.69) is 10.3 Å². The van der Waals surface area contributed by atoms with Gasteiger partial charge in [-0.1, -0.05) is 12.1 Å². The molecule has 0 bridgehead atoms. The monoisotopic (exact) mass is 240 g/mol. The molecule has 0 heterocycles. The van der Waals surface area contributed by atoms with Gasteiger partial charge in [0.2, 0.25) is 5.91 Å². The predicted octanol–water partition coefficient (Wildman–Crippen LogP) is 0.555. The lowest BCUT2D eigenvalue weighted by molar-refractivity contribution is -0.124. The van der Waals surface area contributed by atoms with Gasteiger partial charge in [-0.05, 0) is 18.4 Å². The number of thioether (sulfide) groups is 1. The summed E-state index contributed by atoms with van der Waals surface area (Å²) in [5, 5.41) is 0. The Labute approximate surface area is 97.3 Å². The molecule has 6 heteroatoms. The minimum absolute atomic E-state index is 0.340. The second-order valence-electron chi connectivity index (χ2n) is 2.89. The van der Waals surface area contributed by atoms with E-state index < -0.39 is 11.8 Å². The van der Waals surface area contributed by atoms with Crippen LogP contribution in [0, 0.1) is 0 Å². The summed E-state index contributed by atoms with van der Waals surface area (Å²) in [6, 6.07) is 7.10. The van der Waals surface area contributed by atoms with Crippen molar-refractivity contribution in [1.82, 2.24) is 5.48 Å². The lowest BCUT2D eigenvalue weighted by Gasteiger charge is -2.07. The van der Waals surface area contributed by atoms with Crippen LogP contribution in [0.5, 0.6) is 0 Å². The number of carbonyl (C=O) groups excluding carboxylic acids is 2. The van der Waals surface area contributed by atoms with Crippen molar-refractivity contribution in [2.24, 2.45) is 5.73 Å². The van der Waals surface area contributed by atoms with Crippen molar-refractivity contribution < 1.29 is 14.4 Å². The standard InChI is InChI=1S/C10H12N2O3S/c1-16-8-5-3-2-4-7(8)10(14)12-15-6-9(11)13/h2-5H,6H2,1H3,(H2,11,13)(H,12,14). The largest absolute Gasteiger partial charge is 0.368 e. The molecule has 1 aromatic rings.